The zero-order valence-corrected chi connectivity index (χ0v) is 23.0. The molecule has 1 aliphatic carbocycles. The lowest BCUT2D eigenvalue weighted by molar-refractivity contribution is 0.295. The first-order chi connectivity index (χ1) is 18.3. The molecule has 0 atom stereocenters. The number of nitrogens with one attached hydrogen (secondary N) is 1. The minimum atomic E-state index is -0.0933. The fourth-order valence-corrected chi connectivity index (χ4v) is 5.41. The molecule has 1 fully saturated rings. The van der Waals surface area contributed by atoms with Gasteiger partial charge in [-0.2, -0.15) is 4.98 Å². The third-order valence-corrected chi connectivity index (χ3v) is 7.58. The molecule has 38 heavy (non-hydrogen) atoms. The molecule has 0 spiro atoms. The highest BCUT2D eigenvalue weighted by molar-refractivity contribution is 6.33. The Morgan fingerprint density at radius 1 is 1.08 bits per heavy atom. The van der Waals surface area contributed by atoms with Crippen molar-refractivity contribution in [1.82, 2.24) is 19.5 Å². The molecular weight excluding hydrogens is 496 g/mol. The summed E-state index contributed by atoms with van der Waals surface area (Å²) in [6, 6.07) is 13.8. The van der Waals surface area contributed by atoms with E-state index in [1.165, 1.54) is 0 Å². The zero-order valence-electron chi connectivity index (χ0n) is 22.2. The van der Waals surface area contributed by atoms with Gasteiger partial charge in [-0.15, -0.1) is 0 Å². The quantitative estimate of drug-likeness (QED) is 0.301. The number of nitrogens with two attached hydrogens (primary N) is 1. The van der Waals surface area contributed by atoms with Crippen molar-refractivity contribution in [2.24, 2.45) is 17.6 Å². The summed E-state index contributed by atoms with van der Waals surface area (Å²) in [5.41, 5.74) is 10.6. The number of rotatable bonds is 7. The summed E-state index contributed by atoms with van der Waals surface area (Å²) in [5, 5.41) is 4.61. The average molecular weight is 531 g/mol. The molecule has 0 bridgehead atoms. The molecule has 0 radical (unpaired) electrons. The van der Waals surface area contributed by atoms with Crippen LogP contribution in [-0.2, 0) is 6.54 Å². The smallest absolute Gasteiger partial charge is 0.260 e. The largest absolute Gasteiger partial charge is 0.354 e. The van der Waals surface area contributed by atoms with E-state index < -0.39 is 0 Å². The van der Waals surface area contributed by atoms with Crippen molar-refractivity contribution in [3.05, 3.63) is 69.7 Å². The molecule has 0 unspecified atom stereocenters. The second-order valence-electron chi connectivity index (χ2n) is 10.9. The summed E-state index contributed by atoms with van der Waals surface area (Å²) in [6.45, 7) is 7.58. The number of pyridine rings is 2. The Balaban J connectivity index is 1.59. The maximum absolute atomic E-state index is 14.0. The Hall–Kier alpha value is -3.29. The summed E-state index contributed by atoms with van der Waals surface area (Å²) < 4.78 is 1.82. The van der Waals surface area contributed by atoms with Crippen LogP contribution in [0.5, 0.6) is 0 Å². The number of hydrogen-bond acceptors (Lipinski definition) is 6. The van der Waals surface area contributed by atoms with Crippen LogP contribution in [0.3, 0.4) is 0 Å². The normalized spacial score (nSPS) is 17.7. The number of anilines is 1. The number of fused-ring (bicyclic) bond motifs is 1. The van der Waals surface area contributed by atoms with Crippen molar-refractivity contribution in [1.29, 1.82) is 0 Å². The molecule has 0 aliphatic heterocycles. The lowest BCUT2D eigenvalue weighted by Crippen LogP contribution is -2.31. The van der Waals surface area contributed by atoms with Gasteiger partial charge in [0.25, 0.3) is 5.56 Å². The maximum atomic E-state index is 14.0. The standard InChI is InChI=1S/C30H35ClN6O/c1-18(2)15-33-30-34-16-22-13-25(24-12-9-21(14-26(24)31)27-6-4-5-19(3)35-27)29(38)37(28(22)36-30)17-20-7-10-23(32)11-8-20/h4-6,9,12-14,16,18,20,23H,7-8,10-11,15,17,32H2,1-3H3,(H,33,34,36)/t20-,23-. The van der Waals surface area contributed by atoms with Crippen molar-refractivity contribution in [3.63, 3.8) is 0 Å². The molecule has 198 valence electrons. The van der Waals surface area contributed by atoms with E-state index in [1.807, 2.05) is 54.0 Å². The van der Waals surface area contributed by atoms with Crippen LogP contribution in [0.15, 0.2) is 53.5 Å². The van der Waals surface area contributed by atoms with Crippen molar-refractivity contribution < 1.29 is 0 Å². The first-order valence-corrected chi connectivity index (χ1v) is 13.8. The van der Waals surface area contributed by atoms with Gasteiger partial charge in [-0.05, 0) is 68.7 Å². The van der Waals surface area contributed by atoms with Crippen LogP contribution in [-0.4, -0.2) is 32.1 Å². The summed E-state index contributed by atoms with van der Waals surface area (Å²) in [5.74, 6) is 1.36. The minimum Gasteiger partial charge on any atom is -0.354 e. The third-order valence-electron chi connectivity index (χ3n) is 7.27. The van der Waals surface area contributed by atoms with E-state index in [-0.39, 0.29) is 11.6 Å². The highest BCUT2D eigenvalue weighted by Crippen LogP contribution is 2.32. The van der Waals surface area contributed by atoms with Crippen molar-refractivity contribution in [2.45, 2.75) is 59.0 Å². The molecule has 1 aromatic carbocycles. The molecule has 3 N–H and O–H groups in total. The Labute approximate surface area is 228 Å². The summed E-state index contributed by atoms with van der Waals surface area (Å²) in [7, 11) is 0. The monoisotopic (exact) mass is 530 g/mol. The molecule has 1 saturated carbocycles. The van der Waals surface area contributed by atoms with E-state index in [9.17, 15) is 4.79 Å². The number of halogens is 1. The van der Waals surface area contributed by atoms with E-state index in [1.54, 1.807) is 6.20 Å². The Kier molecular flexibility index (Phi) is 7.77. The van der Waals surface area contributed by atoms with Gasteiger partial charge in [0.05, 0.1) is 5.69 Å². The number of aryl methyl sites for hydroxylation is 1. The van der Waals surface area contributed by atoms with Gasteiger partial charge in [-0.1, -0.05) is 43.6 Å². The van der Waals surface area contributed by atoms with E-state index >= 15 is 0 Å². The van der Waals surface area contributed by atoms with Crippen molar-refractivity contribution in [2.75, 3.05) is 11.9 Å². The van der Waals surface area contributed by atoms with Gasteiger partial charge in [0.1, 0.15) is 5.65 Å². The van der Waals surface area contributed by atoms with Gasteiger partial charge in [0.15, 0.2) is 0 Å². The topological polar surface area (TPSA) is 98.7 Å². The Bertz CT molecular complexity index is 1510. The Morgan fingerprint density at radius 2 is 1.87 bits per heavy atom. The number of hydrogen-bond donors (Lipinski definition) is 2. The molecular formula is C30H35ClN6O. The fraction of sp³-hybridized carbons (Fsp3) is 0.400. The average Bonchev–Trinajstić information content (AvgIpc) is 2.90. The van der Waals surface area contributed by atoms with E-state index in [0.717, 1.165) is 54.6 Å². The molecule has 5 rings (SSSR count). The molecule has 0 saturated heterocycles. The first-order valence-electron chi connectivity index (χ1n) is 13.4. The molecule has 1 aliphatic rings. The van der Waals surface area contributed by atoms with Crippen molar-refractivity contribution in [3.8, 4) is 22.4 Å². The highest BCUT2D eigenvalue weighted by atomic mass is 35.5. The van der Waals surface area contributed by atoms with E-state index in [2.05, 4.69) is 29.1 Å². The van der Waals surface area contributed by atoms with Gasteiger partial charge in [0.2, 0.25) is 5.95 Å². The molecule has 4 aromatic rings. The molecule has 7 nitrogen and oxygen atoms in total. The predicted octanol–water partition coefficient (Wildman–Crippen LogP) is 6.07. The molecule has 3 aromatic heterocycles. The SMILES string of the molecule is Cc1cccc(-c2ccc(-c3cc4cnc(NCC(C)C)nc4n(C[C@H]4CC[C@H](N)CC4)c3=O)c(Cl)c2)n1. The number of aromatic nitrogens is 4. The molecule has 8 heteroatoms. The third kappa shape index (κ3) is 5.74. The van der Waals surface area contributed by atoms with Gasteiger partial charge >= 0.3 is 0 Å². The molecule has 3 heterocycles. The number of nitrogens with zero attached hydrogens (tertiary/aromatic N) is 4. The van der Waals surface area contributed by atoms with Crippen LogP contribution >= 0.6 is 11.6 Å². The minimum absolute atomic E-state index is 0.0933. The van der Waals surface area contributed by atoms with Gasteiger partial charge in [-0.25, -0.2) is 4.98 Å². The van der Waals surface area contributed by atoms with Gasteiger partial charge in [0, 0.05) is 58.1 Å². The Morgan fingerprint density at radius 3 is 2.58 bits per heavy atom. The zero-order chi connectivity index (χ0) is 26.8. The van der Waals surface area contributed by atoms with Crippen LogP contribution in [0, 0.1) is 18.8 Å². The summed E-state index contributed by atoms with van der Waals surface area (Å²) >= 11 is 6.80. The maximum Gasteiger partial charge on any atom is 0.260 e. The van der Waals surface area contributed by atoms with Crippen molar-refractivity contribution >= 4 is 28.6 Å². The van der Waals surface area contributed by atoms with Gasteiger partial charge in [-0.3, -0.25) is 14.3 Å². The lowest BCUT2D eigenvalue weighted by Gasteiger charge is -2.27. The fourth-order valence-electron chi connectivity index (χ4n) is 5.13. The predicted molar refractivity (Wildman–Crippen MR) is 155 cm³/mol. The lowest BCUT2D eigenvalue weighted by atomic mass is 9.86. The highest BCUT2D eigenvalue weighted by Gasteiger charge is 2.22. The summed E-state index contributed by atoms with van der Waals surface area (Å²) in [4.78, 5) is 28.0. The molecule has 0 amide bonds. The van der Waals surface area contributed by atoms with Gasteiger partial charge < -0.3 is 11.1 Å². The first kappa shape index (κ1) is 26.3. The van der Waals surface area contributed by atoms with Crippen LogP contribution in [0.25, 0.3) is 33.4 Å². The second kappa shape index (κ2) is 11.2. The van der Waals surface area contributed by atoms with Crippen LogP contribution in [0.1, 0.15) is 45.2 Å². The van der Waals surface area contributed by atoms with Crippen LogP contribution < -0.4 is 16.6 Å². The summed E-state index contributed by atoms with van der Waals surface area (Å²) in [6.07, 6.45) is 5.75. The van der Waals surface area contributed by atoms with E-state index in [0.29, 0.717) is 46.1 Å². The van der Waals surface area contributed by atoms with Crippen LogP contribution in [0.4, 0.5) is 5.95 Å². The second-order valence-corrected chi connectivity index (χ2v) is 11.3. The number of benzene rings is 1. The van der Waals surface area contributed by atoms with E-state index in [4.69, 9.17) is 22.3 Å². The van der Waals surface area contributed by atoms with Crippen LogP contribution in [0.2, 0.25) is 5.02 Å².